The summed E-state index contributed by atoms with van der Waals surface area (Å²) in [5.74, 6) is -0.0956. The second-order valence-corrected chi connectivity index (χ2v) is 9.38. The molecule has 0 aliphatic carbocycles. The summed E-state index contributed by atoms with van der Waals surface area (Å²) in [6.07, 6.45) is 0.564. The second-order valence-electron chi connectivity index (χ2n) is 7.73. The topological polar surface area (TPSA) is 101 Å². The van der Waals surface area contributed by atoms with E-state index in [2.05, 4.69) is 15.2 Å². The molecule has 7 nitrogen and oxygen atoms in total. The van der Waals surface area contributed by atoms with Gasteiger partial charge in [-0.15, -0.1) is 0 Å². The number of carbonyl (C=O) groups excluding carboxylic acids is 1. The molecule has 164 valence electrons. The number of aryl methyl sites for hydroxylation is 5. The molecule has 31 heavy (non-hydrogen) atoms. The number of rotatable bonds is 6. The van der Waals surface area contributed by atoms with Crippen LogP contribution in [0.2, 0.25) is 0 Å². The van der Waals surface area contributed by atoms with E-state index in [1.807, 2.05) is 39.8 Å². The van der Waals surface area contributed by atoms with E-state index in [1.165, 1.54) is 6.92 Å². The summed E-state index contributed by atoms with van der Waals surface area (Å²) in [7, 11) is -3.86. The van der Waals surface area contributed by atoms with Crippen molar-refractivity contribution in [2.24, 2.45) is 0 Å². The number of nitrogens with one attached hydrogen (secondary N) is 2. The van der Waals surface area contributed by atoms with Crippen LogP contribution in [0.15, 0.2) is 39.8 Å². The van der Waals surface area contributed by atoms with Crippen LogP contribution < -0.4 is 10.0 Å². The minimum absolute atomic E-state index is 0.154. The third kappa shape index (κ3) is 4.64. The molecule has 3 rings (SSSR count). The van der Waals surface area contributed by atoms with Crippen molar-refractivity contribution < 1.29 is 17.7 Å². The zero-order chi connectivity index (χ0) is 22.9. The SMILES string of the molecule is CCc1noc(NC(C)=O)c1-c1ccc(C)c(S(=O)(=O)Nc2c(C)cc(C)cc2C)c1. The summed E-state index contributed by atoms with van der Waals surface area (Å²) in [4.78, 5) is 11.7. The van der Waals surface area contributed by atoms with Crippen molar-refractivity contribution in [2.75, 3.05) is 10.0 Å². The van der Waals surface area contributed by atoms with Crippen LogP contribution >= 0.6 is 0 Å². The van der Waals surface area contributed by atoms with Gasteiger partial charge in [0, 0.05) is 6.92 Å². The van der Waals surface area contributed by atoms with Crippen LogP contribution in [0, 0.1) is 27.7 Å². The van der Waals surface area contributed by atoms with E-state index in [0.717, 1.165) is 16.7 Å². The van der Waals surface area contributed by atoms with E-state index < -0.39 is 10.0 Å². The fourth-order valence-electron chi connectivity index (χ4n) is 3.68. The van der Waals surface area contributed by atoms with Crippen molar-refractivity contribution in [2.45, 2.75) is 52.9 Å². The van der Waals surface area contributed by atoms with Crippen LogP contribution in [0.5, 0.6) is 0 Å². The minimum Gasteiger partial charge on any atom is -0.337 e. The van der Waals surface area contributed by atoms with Gasteiger partial charge >= 0.3 is 0 Å². The Balaban J connectivity index is 2.10. The van der Waals surface area contributed by atoms with Crippen LogP contribution in [-0.2, 0) is 21.2 Å². The summed E-state index contributed by atoms with van der Waals surface area (Å²) in [6, 6.07) is 9.01. The zero-order valence-electron chi connectivity index (χ0n) is 18.6. The maximum absolute atomic E-state index is 13.3. The highest BCUT2D eigenvalue weighted by Gasteiger charge is 2.23. The van der Waals surface area contributed by atoms with Crippen LogP contribution in [0.3, 0.4) is 0 Å². The van der Waals surface area contributed by atoms with Gasteiger partial charge < -0.3 is 4.52 Å². The first-order chi connectivity index (χ1) is 14.5. The minimum atomic E-state index is -3.86. The van der Waals surface area contributed by atoms with E-state index in [9.17, 15) is 13.2 Å². The Morgan fingerprint density at radius 1 is 1.03 bits per heavy atom. The largest absolute Gasteiger partial charge is 0.337 e. The summed E-state index contributed by atoms with van der Waals surface area (Å²) < 4.78 is 34.7. The Hall–Kier alpha value is -3.13. The molecule has 1 heterocycles. The molecule has 0 saturated heterocycles. The van der Waals surface area contributed by atoms with Gasteiger partial charge in [-0.25, -0.2) is 8.42 Å². The fraction of sp³-hybridized carbons (Fsp3) is 0.304. The van der Waals surface area contributed by atoms with Crippen molar-refractivity contribution in [3.05, 3.63) is 58.3 Å². The lowest BCUT2D eigenvalue weighted by molar-refractivity contribution is -0.114. The molecular formula is C23H27N3O4S. The molecule has 8 heteroatoms. The predicted molar refractivity (Wildman–Crippen MR) is 122 cm³/mol. The van der Waals surface area contributed by atoms with Crippen LogP contribution in [0.25, 0.3) is 11.1 Å². The molecule has 1 amide bonds. The van der Waals surface area contributed by atoms with Gasteiger partial charge in [0.25, 0.3) is 10.0 Å². The first kappa shape index (κ1) is 22.6. The molecule has 0 aliphatic heterocycles. The Morgan fingerprint density at radius 2 is 1.68 bits per heavy atom. The number of benzene rings is 2. The number of aromatic nitrogens is 1. The Labute approximate surface area is 182 Å². The summed E-state index contributed by atoms with van der Waals surface area (Å²) in [6.45, 7) is 10.8. The highest BCUT2D eigenvalue weighted by atomic mass is 32.2. The molecule has 0 aliphatic rings. The smallest absolute Gasteiger partial charge is 0.262 e. The number of carbonyl (C=O) groups is 1. The number of nitrogens with zero attached hydrogens (tertiary/aromatic N) is 1. The fourth-order valence-corrected chi connectivity index (χ4v) is 5.16. The maximum Gasteiger partial charge on any atom is 0.262 e. The maximum atomic E-state index is 13.3. The van der Waals surface area contributed by atoms with Crippen molar-refractivity contribution in [3.63, 3.8) is 0 Å². The summed E-state index contributed by atoms with van der Waals surface area (Å²) in [5, 5.41) is 6.65. The van der Waals surface area contributed by atoms with Crippen LogP contribution in [0.1, 0.15) is 41.8 Å². The van der Waals surface area contributed by atoms with Crippen molar-refractivity contribution >= 4 is 27.5 Å². The number of amides is 1. The average Bonchev–Trinajstić information content (AvgIpc) is 3.07. The number of sulfonamides is 1. The molecule has 0 fully saturated rings. The Kier molecular flexibility index (Phi) is 6.22. The second kappa shape index (κ2) is 8.55. The summed E-state index contributed by atoms with van der Waals surface area (Å²) >= 11 is 0. The monoisotopic (exact) mass is 441 g/mol. The molecule has 3 aromatic rings. The third-order valence-corrected chi connectivity index (χ3v) is 6.56. The van der Waals surface area contributed by atoms with Gasteiger partial charge in [-0.2, -0.15) is 0 Å². The van der Waals surface area contributed by atoms with Gasteiger partial charge in [-0.3, -0.25) is 14.8 Å². The van der Waals surface area contributed by atoms with Crippen LogP contribution in [-0.4, -0.2) is 19.5 Å². The van der Waals surface area contributed by atoms with E-state index >= 15 is 0 Å². The first-order valence-corrected chi connectivity index (χ1v) is 11.5. The molecule has 0 saturated carbocycles. The third-order valence-electron chi connectivity index (χ3n) is 5.07. The molecule has 0 spiro atoms. The number of hydrogen-bond acceptors (Lipinski definition) is 5. The first-order valence-electron chi connectivity index (χ1n) is 10.0. The quantitative estimate of drug-likeness (QED) is 0.567. The van der Waals surface area contributed by atoms with Gasteiger partial charge in [0.05, 0.1) is 21.8 Å². The van der Waals surface area contributed by atoms with E-state index in [1.54, 1.807) is 25.1 Å². The molecular weight excluding hydrogens is 414 g/mol. The lowest BCUT2D eigenvalue weighted by Crippen LogP contribution is -2.16. The summed E-state index contributed by atoms with van der Waals surface area (Å²) in [5.41, 5.74) is 5.78. The lowest BCUT2D eigenvalue weighted by Gasteiger charge is -2.16. The molecule has 0 bridgehead atoms. The van der Waals surface area contributed by atoms with Gasteiger partial charge in [0.2, 0.25) is 11.8 Å². The van der Waals surface area contributed by atoms with Gasteiger partial charge in [-0.05, 0) is 62.4 Å². The zero-order valence-corrected chi connectivity index (χ0v) is 19.4. The molecule has 0 atom stereocenters. The Bertz CT molecular complexity index is 1240. The highest BCUT2D eigenvalue weighted by Crippen LogP contribution is 2.35. The molecule has 0 unspecified atom stereocenters. The average molecular weight is 442 g/mol. The van der Waals surface area contributed by atoms with Crippen LogP contribution in [0.4, 0.5) is 11.6 Å². The highest BCUT2D eigenvalue weighted by molar-refractivity contribution is 7.92. The van der Waals surface area contributed by atoms with E-state index in [0.29, 0.717) is 34.5 Å². The predicted octanol–water partition coefficient (Wildman–Crippen LogP) is 4.90. The molecule has 1 aromatic heterocycles. The standard InChI is InChI=1S/C23H27N3O4S/c1-7-19-21(23(30-25-19)24-17(6)27)18-9-8-14(3)20(12-18)31(28,29)26-22-15(4)10-13(2)11-16(22)5/h8-12,26H,7H2,1-6H3,(H,24,27). The number of anilines is 2. The van der Waals surface area contributed by atoms with Crippen molar-refractivity contribution in [1.82, 2.24) is 5.16 Å². The van der Waals surface area contributed by atoms with Gasteiger partial charge in [0.1, 0.15) is 0 Å². The normalized spacial score (nSPS) is 11.4. The van der Waals surface area contributed by atoms with Gasteiger partial charge in [0.15, 0.2) is 0 Å². The Morgan fingerprint density at radius 3 is 2.26 bits per heavy atom. The van der Waals surface area contributed by atoms with Crippen molar-refractivity contribution in [3.8, 4) is 11.1 Å². The van der Waals surface area contributed by atoms with Crippen molar-refractivity contribution in [1.29, 1.82) is 0 Å². The van der Waals surface area contributed by atoms with Gasteiger partial charge in [-0.1, -0.05) is 41.9 Å². The van der Waals surface area contributed by atoms with E-state index in [-0.39, 0.29) is 16.7 Å². The molecule has 0 radical (unpaired) electrons. The van der Waals surface area contributed by atoms with E-state index in [4.69, 9.17) is 4.52 Å². The molecule has 2 aromatic carbocycles. The lowest BCUT2D eigenvalue weighted by atomic mass is 10.0. The number of hydrogen-bond donors (Lipinski definition) is 2. The molecule has 2 N–H and O–H groups in total.